The monoisotopic (exact) mass is 193 g/mol. The molecule has 0 aliphatic carbocycles. The Morgan fingerprint density at radius 2 is 2.43 bits per heavy atom. The van der Waals surface area contributed by atoms with Gasteiger partial charge in [-0.3, -0.25) is 0 Å². The fourth-order valence-electron chi connectivity index (χ4n) is 1.45. The van der Waals surface area contributed by atoms with E-state index in [2.05, 4.69) is 0 Å². The third-order valence-electron chi connectivity index (χ3n) is 2.05. The first-order valence-electron chi connectivity index (χ1n) is 4.46. The summed E-state index contributed by atoms with van der Waals surface area (Å²) in [5.74, 6) is 0. The molecule has 4 heteroatoms. The standard InChI is InChI=1S/C10H11NO3/c1-3-13-10(12)11-6-7(2)9-8(11)4-5-14-9/h4-6H,3H2,1-2H3. The Hall–Kier alpha value is -1.71. The summed E-state index contributed by atoms with van der Waals surface area (Å²) in [5, 5.41) is 0. The molecule has 74 valence electrons. The first-order chi connectivity index (χ1) is 6.74. The summed E-state index contributed by atoms with van der Waals surface area (Å²) in [6.45, 7) is 4.04. The van der Waals surface area contributed by atoms with Gasteiger partial charge in [0.15, 0.2) is 5.58 Å². The number of rotatable bonds is 1. The number of carbonyl (C=O) groups is 1. The van der Waals surface area contributed by atoms with E-state index in [1.165, 1.54) is 4.57 Å². The first kappa shape index (κ1) is 8.87. The number of ether oxygens (including phenoxy) is 1. The molecule has 2 aromatic rings. The van der Waals surface area contributed by atoms with E-state index in [0.29, 0.717) is 6.61 Å². The van der Waals surface area contributed by atoms with Crippen molar-refractivity contribution in [3.8, 4) is 0 Å². The first-order valence-corrected chi connectivity index (χ1v) is 4.46. The second kappa shape index (κ2) is 3.21. The molecule has 0 N–H and O–H groups in total. The fourth-order valence-corrected chi connectivity index (χ4v) is 1.45. The maximum atomic E-state index is 11.5. The lowest BCUT2D eigenvalue weighted by Gasteiger charge is -2.01. The lowest BCUT2D eigenvalue weighted by Crippen LogP contribution is -2.11. The van der Waals surface area contributed by atoms with E-state index in [1.54, 1.807) is 25.5 Å². The SMILES string of the molecule is CCOC(=O)n1cc(C)c2occc21. The van der Waals surface area contributed by atoms with Gasteiger partial charge in [0, 0.05) is 17.8 Å². The molecule has 0 aromatic carbocycles. The Kier molecular flexibility index (Phi) is 2.04. The maximum absolute atomic E-state index is 11.5. The van der Waals surface area contributed by atoms with Crippen LogP contribution in [0.2, 0.25) is 0 Å². The molecular formula is C10H11NO3. The molecule has 0 bridgehead atoms. The summed E-state index contributed by atoms with van der Waals surface area (Å²) in [7, 11) is 0. The average Bonchev–Trinajstić information content (AvgIpc) is 2.70. The highest BCUT2D eigenvalue weighted by molar-refractivity contribution is 5.88. The lowest BCUT2D eigenvalue weighted by molar-refractivity contribution is 0.155. The Bertz CT molecular complexity index is 467. The van der Waals surface area contributed by atoms with Crippen LogP contribution in [-0.4, -0.2) is 17.3 Å². The number of fused-ring (bicyclic) bond motifs is 1. The van der Waals surface area contributed by atoms with E-state index in [9.17, 15) is 4.79 Å². The van der Waals surface area contributed by atoms with E-state index in [0.717, 1.165) is 16.7 Å². The summed E-state index contributed by atoms with van der Waals surface area (Å²) >= 11 is 0. The van der Waals surface area contributed by atoms with Gasteiger partial charge in [-0.25, -0.2) is 9.36 Å². The van der Waals surface area contributed by atoms with E-state index >= 15 is 0 Å². The minimum absolute atomic E-state index is 0.369. The Labute approximate surface area is 81.1 Å². The van der Waals surface area contributed by atoms with Crippen molar-refractivity contribution < 1.29 is 13.9 Å². The zero-order valence-electron chi connectivity index (χ0n) is 8.11. The highest BCUT2D eigenvalue weighted by atomic mass is 16.5. The zero-order valence-corrected chi connectivity index (χ0v) is 8.11. The maximum Gasteiger partial charge on any atom is 0.418 e. The number of hydrogen-bond acceptors (Lipinski definition) is 3. The Morgan fingerprint density at radius 1 is 1.64 bits per heavy atom. The van der Waals surface area contributed by atoms with Crippen molar-refractivity contribution in [3.63, 3.8) is 0 Å². The van der Waals surface area contributed by atoms with Crippen molar-refractivity contribution in [1.29, 1.82) is 0 Å². The molecule has 0 atom stereocenters. The van der Waals surface area contributed by atoms with Crippen LogP contribution in [0, 0.1) is 6.92 Å². The van der Waals surface area contributed by atoms with Crippen LogP contribution >= 0.6 is 0 Å². The Morgan fingerprint density at radius 3 is 3.14 bits per heavy atom. The highest BCUT2D eigenvalue weighted by Gasteiger charge is 2.13. The molecule has 0 unspecified atom stereocenters. The molecule has 0 saturated heterocycles. The molecule has 0 spiro atoms. The molecule has 0 fully saturated rings. The Balaban J connectivity index is 2.51. The van der Waals surface area contributed by atoms with Crippen LogP contribution < -0.4 is 0 Å². The smallest absolute Gasteiger partial charge is 0.418 e. The summed E-state index contributed by atoms with van der Waals surface area (Å²) in [6.07, 6.45) is 2.91. The molecule has 0 aliphatic heterocycles. The molecule has 0 amide bonds. The average molecular weight is 193 g/mol. The van der Waals surface area contributed by atoms with Crippen LogP contribution in [0.25, 0.3) is 11.1 Å². The fraction of sp³-hybridized carbons (Fsp3) is 0.300. The van der Waals surface area contributed by atoms with Crippen molar-refractivity contribution in [2.75, 3.05) is 6.61 Å². The predicted octanol–water partition coefficient (Wildman–Crippen LogP) is 2.55. The van der Waals surface area contributed by atoms with Gasteiger partial charge in [0.2, 0.25) is 0 Å². The predicted molar refractivity (Wildman–Crippen MR) is 51.4 cm³/mol. The summed E-state index contributed by atoms with van der Waals surface area (Å²) in [4.78, 5) is 11.5. The molecule has 2 rings (SSSR count). The lowest BCUT2D eigenvalue weighted by atomic mass is 10.3. The topological polar surface area (TPSA) is 44.4 Å². The van der Waals surface area contributed by atoms with Gasteiger partial charge in [0.1, 0.15) is 0 Å². The van der Waals surface area contributed by atoms with Gasteiger partial charge in [0.25, 0.3) is 0 Å². The van der Waals surface area contributed by atoms with E-state index in [1.807, 2.05) is 6.92 Å². The minimum atomic E-state index is -0.369. The van der Waals surface area contributed by atoms with Gasteiger partial charge < -0.3 is 9.15 Å². The molecule has 2 heterocycles. The van der Waals surface area contributed by atoms with Crippen molar-refractivity contribution in [2.24, 2.45) is 0 Å². The number of aromatic nitrogens is 1. The van der Waals surface area contributed by atoms with Crippen molar-refractivity contribution >= 4 is 17.2 Å². The van der Waals surface area contributed by atoms with Crippen LogP contribution in [0.4, 0.5) is 4.79 Å². The molecule has 14 heavy (non-hydrogen) atoms. The summed E-state index contributed by atoms with van der Waals surface area (Å²) < 4.78 is 11.6. The number of furan rings is 1. The third-order valence-corrected chi connectivity index (χ3v) is 2.05. The number of aryl methyl sites for hydroxylation is 1. The van der Waals surface area contributed by atoms with Crippen LogP contribution in [0.1, 0.15) is 12.5 Å². The van der Waals surface area contributed by atoms with Crippen LogP contribution in [0.5, 0.6) is 0 Å². The molecule has 4 nitrogen and oxygen atoms in total. The third kappa shape index (κ3) is 1.19. The van der Waals surface area contributed by atoms with Crippen molar-refractivity contribution in [3.05, 3.63) is 24.1 Å². The van der Waals surface area contributed by atoms with E-state index in [-0.39, 0.29) is 6.09 Å². The van der Waals surface area contributed by atoms with Crippen LogP contribution in [-0.2, 0) is 4.74 Å². The molecule has 0 radical (unpaired) electrons. The quantitative estimate of drug-likeness (QED) is 0.699. The number of hydrogen-bond donors (Lipinski definition) is 0. The van der Waals surface area contributed by atoms with E-state index in [4.69, 9.17) is 9.15 Å². The van der Waals surface area contributed by atoms with Crippen LogP contribution in [0.3, 0.4) is 0 Å². The largest absolute Gasteiger partial charge is 0.462 e. The summed E-state index contributed by atoms with van der Waals surface area (Å²) in [6, 6.07) is 1.75. The van der Waals surface area contributed by atoms with E-state index < -0.39 is 0 Å². The van der Waals surface area contributed by atoms with Gasteiger partial charge in [-0.1, -0.05) is 0 Å². The minimum Gasteiger partial charge on any atom is -0.462 e. The van der Waals surface area contributed by atoms with Gasteiger partial charge in [-0.2, -0.15) is 0 Å². The van der Waals surface area contributed by atoms with Gasteiger partial charge in [-0.15, -0.1) is 0 Å². The molecule has 0 saturated carbocycles. The zero-order chi connectivity index (χ0) is 10.1. The second-order valence-electron chi connectivity index (χ2n) is 3.02. The number of nitrogens with zero attached hydrogens (tertiary/aromatic N) is 1. The second-order valence-corrected chi connectivity index (χ2v) is 3.02. The van der Waals surface area contributed by atoms with Crippen LogP contribution in [0.15, 0.2) is 22.9 Å². The highest BCUT2D eigenvalue weighted by Crippen LogP contribution is 2.21. The van der Waals surface area contributed by atoms with Crippen molar-refractivity contribution in [1.82, 2.24) is 4.57 Å². The summed E-state index contributed by atoms with van der Waals surface area (Å²) in [5.41, 5.74) is 2.41. The molecular weight excluding hydrogens is 182 g/mol. The number of carbonyl (C=O) groups excluding carboxylic acids is 1. The van der Waals surface area contributed by atoms with Gasteiger partial charge in [-0.05, 0) is 13.8 Å². The molecule has 0 aliphatic rings. The van der Waals surface area contributed by atoms with Crippen molar-refractivity contribution in [2.45, 2.75) is 13.8 Å². The molecule has 2 aromatic heterocycles. The normalized spacial score (nSPS) is 10.7. The van der Waals surface area contributed by atoms with Gasteiger partial charge in [0.05, 0.1) is 18.4 Å². The van der Waals surface area contributed by atoms with Gasteiger partial charge >= 0.3 is 6.09 Å².